The van der Waals surface area contributed by atoms with Gasteiger partial charge < -0.3 is 9.47 Å². The monoisotopic (exact) mass is 374 g/mol. The number of benzene rings is 2. The Morgan fingerprint density at radius 3 is 2.61 bits per heavy atom. The van der Waals surface area contributed by atoms with Crippen LogP contribution in [0.5, 0.6) is 5.75 Å². The van der Waals surface area contributed by atoms with E-state index in [-0.39, 0.29) is 0 Å². The molecule has 23 heavy (non-hydrogen) atoms. The van der Waals surface area contributed by atoms with Gasteiger partial charge in [0.05, 0.1) is 26.3 Å². The maximum Gasteiger partial charge on any atom is 0.340 e. The number of ether oxygens (including phenoxy) is 2. The maximum absolute atomic E-state index is 11.9. The van der Waals surface area contributed by atoms with E-state index < -0.39 is 5.97 Å². The van der Waals surface area contributed by atoms with Crippen molar-refractivity contribution in [3.8, 4) is 5.75 Å². The highest BCUT2D eigenvalue weighted by atomic mass is 79.9. The van der Waals surface area contributed by atoms with Crippen molar-refractivity contribution >= 4 is 32.8 Å². The summed E-state index contributed by atoms with van der Waals surface area (Å²) >= 11 is 3.41. The molecule has 0 N–H and O–H groups in total. The SMILES string of the molecule is COC(=O)c1cc(Br)cc2cn(Cc3ccc(OC)cc3)nc12. The number of carbonyl (C=O) groups excluding carboxylic acids is 1. The first kappa shape index (κ1) is 15.6. The lowest BCUT2D eigenvalue weighted by Crippen LogP contribution is -2.03. The van der Waals surface area contributed by atoms with Crippen molar-refractivity contribution in [2.75, 3.05) is 14.2 Å². The lowest BCUT2D eigenvalue weighted by Gasteiger charge is -2.03. The summed E-state index contributed by atoms with van der Waals surface area (Å²) in [4.78, 5) is 11.9. The lowest BCUT2D eigenvalue weighted by molar-refractivity contribution is 0.0602. The van der Waals surface area contributed by atoms with Crippen LogP contribution in [0.4, 0.5) is 0 Å². The molecule has 0 atom stereocenters. The van der Waals surface area contributed by atoms with Crippen molar-refractivity contribution in [3.63, 3.8) is 0 Å². The highest BCUT2D eigenvalue weighted by molar-refractivity contribution is 9.10. The van der Waals surface area contributed by atoms with Gasteiger partial charge in [0, 0.05) is 16.1 Å². The number of halogens is 1. The summed E-state index contributed by atoms with van der Waals surface area (Å²) in [5.41, 5.74) is 2.18. The molecule has 1 aromatic heterocycles. The average molecular weight is 375 g/mol. The number of esters is 1. The van der Waals surface area contributed by atoms with E-state index in [9.17, 15) is 4.79 Å². The van der Waals surface area contributed by atoms with E-state index in [0.717, 1.165) is 21.2 Å². The van der Waals surface area contributed by atoms with Crippen LogP contribution in [0, 0.1) is 0 Å². The standard InChI is InChI=1S/C17H15BrN2O3/c1-22-14-5-3-11(4-6-14)9-20-10-12-7-13(18)8-15(16(12)19-20)17(21)23-2/h3-8,10H,9H2,1-2H3. The zero-order valence-electron chi connectivity index (χ0n) is 12.7. The van der Waals surface area contributed by atoms with Crippen LogP contribution in [0.2, 0.25) is 0 Å². The van der Waals surface area contributed by atoms with Crippen molar-refractivity contribution in [1.82, 2.24) is 9.78 Å². The molecule has 0 aliphatic carbocycles. The number of hydrogen-bond acceptors (Lipinski definition) is 4. The van der Waals surface area contributed by atoms with Gasteiger partial charge in [-0.1, -0.05) is 28.1 Å². The minimum absolute atomic E-state index is 0.397. The zero-order chi connectivity index (χ0) is 16.4. The Labute approximate surface area is 141 Å². The van der Waals surface area contributed by atoms with E-state index in [0.29, 0.717) is 17.6 Å². The second kappa shape index (κ2) is 6.42. The highest BCUT2D eigenvalue weighted by Gasteiger charge is 2.15. The van der Waals surface area contributed by atoms with Gasteiger partial charge in [0.25, 0.3) is 0 Å². The number of rotatable bonds is 4. The number of nitrogens with zero attached hydrogens (tertiary/aromatic N) is 2. The maximum atomic E-state index is 11.9. The van der Waals surface area contributed by atoms with Gasteiger partial charge in [-0.05, 0) is 29.8 Å². The van der Waals surface area contributed by atoms with Gasteiger partial charge in [-0.15, -0.1) is 0 Å². The fourth-order valence-electron chi connectivity index (χ4n) is 2.41. The average Bonchev–Trinajstić information content (AvgIpc) is 2.96. The molecule has 0 radical (unpaired) electrons. The molecule has 1 heterocycles. The molecule has 0 saturated heterocycles. The Hall–Kier alpha value is -2.34. The number of aromatic nitrogens is 2. The third kappa shape index (κ3) is 3.22. The van der Waals surface area contributed by atoms with Crippen LogP contribution in [0.3, 0.4) is 0 Å². The number of carbonyl (C=O) groups is 1. The van der Waals surface area contributed by atoms with Crippen molar-refractivity contribution in [3.05, 3.63) is 58.2 Å². The molecule has 3 aromatic rings. The molecule has 0 bridgehead atoms. The molecule has 0 spiro atoms. The Morgan fingerprint density at radius 2 is 1.96 bits per heavy atom. The van der Waals surface area contributed by atoms with Gasteiger partial charge in [0.15, 0.2) is 0 Å². The van der Waals surface area contributed by atoms with Gasteiger partial charge in [-0.25, -0.2) is 4.79 Å². The summed E-state index contributed by atoms with van der Waals surface area (Å²) in [6, 6.07) is 11.5. The molecule has 5 nitrogen and oxygen atoms in total. The molecule has 0 amide bonds. The van der Waals surface area contributed by atoms with Crippen LogP contribution in [0.25, 0.3) is 10.9 Å². The normalized spacial score (nSPS) is 10.7. The fourth-order valence-corrected chi connectivity index (χ4v) is 2.89. The van der Waals surface area contributed by atoms with Crippen LogP contribution in [-0.2, 0) is 11.3 Å². The van der Waals surface area contributed by atoms with Crippen molar-refractivity contribution < 1.29 is 14.3 Å². The molecule has 0 unspecified atom stereocenters. The summed E-state index contributed by atoms with van der Waals surface area (Å²) in [7, 11) is 3.00. The third-order valence-corrected chi connectivity index (χ3v) is 3.99. The van der Waals surface area contributed by atoms with Crippen LogP contribution < -0.4 is 4.74 Å². The molecule has 0 aliphatic rings. The van der Waals surface area contributed by atoms with Crippen molar-refractivity contribution in [2.45, 2.75) is 6.54 Å². The Morgan fingerprint density at radius 1 is 1.22 bits per heavy atom. The van der Waals surface area contributed by atoms with E-state index in [1.54, 1.807) is 13.2 Å². The molecule has 0 fully saturated rings. The summed E-state index contributed by atoms with van der Waals surface area (Å²) in [6.45, 7) is 0.608. The molecule has 0 saturated carbocycles. The zero-order valence-corrected chi connectivity index (χ0v) is 14.3. The molecule has 2 aromatic carbocycles. The number of fused-ring (bicyclic) bond motifs is 1. The predicted octanol–water partition coefficient (Wildman–Crippen LogP) is 3.64. The van der Waals surface area contributed by atoms with Gasteiger partial charge in [-0.2, -0.15) is 5.10 Å². The van der Waals surface area contributed by atoms with E-state index in [1.165, 1.54) is 7.11 Å². The minimum Gasteiger partial charge on any atom is -0.497 e. The molecule has 3 rings (SSSR count). The summed E-state index contributed by atoms with van der Waals surface area (Å²) in [5, 5.41) is 5.41. The fraction of sp³-hybridized carbons (Fsp3) is 0.176. The molecule has 0 aliphatic heterocycles. The van der Waals surface area contributed by atoms with Crippen LogP contribution in [-0.4, -0.2) is 30.0 Å². The molecular weight excluding hydrogens is 360 g/mol. The Balaban J connectivity index is 1.97. The minimum atomic E-state index is -0.397. The first-order valence-electron chi connectivity index (χ1n) is 6.98. The van der Waals surface area contributed by atoms with Crippen LogP contribution in [0.1, 0.15) is 15.9 Å². The topological polar surface area (TPSA) is 53.4 Å². The number of methoxy groups -OCH3 is 2. The lowest BCUT2D eigenvalue weighted by atomic mass is 10.1. The summed E-state index contributed by atoms with van der Waals surface area (Å²) < 4.78 is 12.6. The third-order valence-electron chi connectivity index (χ3n) is 3.53. The van der Waals surface area contributed by atoms with E-state index >= 15 is 0 Å². The van der Waals surface area contributed by atoms with E-state index in [4.69, 9.17) is 9.47 Å². The Bertz CT molecular complexity index is 856. The van der Waals surface area contributed by atoms with Gasteiger partial charge >= 0.3 is 5.97 Å². The predicted molar refractivity (Wildman–Crippen MR) is 90.9 cm³/mol. The second-order valence-electron chi connectivity index (χ2n) is 5.06. The molecular formula is C17H15BrN2O3. The molecule has 118 valence electrons. The van der Waals surface area contributed by atoms with Crippen molar-refractivity contribution in [2.24, 2.45) is 0 Å². The van der Waals surface area contributed by atoms with Crippen LogP contribution in [0.15, 0.2) is 47.1 Å². The van der Waals surface area contributed by atoms with Crippen LogP contribution >= 0.6 is 15.9 Å². The summed E-state index contributed by atoms with van der Waals surface area (Å²) in [6.07, 6.45) is 1.91. The van der Waals surface area contributed by atoms with Gasteiger partial charge in [-0.3, -0.25) is 4.68 Å². The first-order chi connectivity index (χ1) is 11.1. The van der Waals surface area contributed by atoms with E-state index in [2.05, 4.69) is 21.0 Å². The largest absolute Gasteiger partial charge is 0.497 e. The Kier molecular flexibility index (Phi) is 4.34. The smallest absolute Gasteiger partial charge is 0.340 e. The van der Waals surface area contributed by atoms with Gasteiger partial charge in [0.2, 0.25) is 0 Å². The van der Waals surface area contributed by atoms with Crippen molar-refractivity contribution in [1.29, 1.82) is 0 Å². The first-order valence-corrected chi connectivity index (χ1v) is 7.78. The summed E-state index contributed by atoms with van der Waals surface area (Å²) in [5.74, 6) is 0.419. The number of hydrogen-bond donors (Lipinski definition) is 0. The highest BCUT2D eigenvalue weighted by Crippen LogP contribution is 2.24. The van der Waals surface area contributed by atoms with E-state index in [1.807, 2.05) is 41.2 Å². The second-order valence-corrected chi connectivity index (χ2v) is 5.97. The molecule has 6 heteroatoms. The quantitative estimate of drug-likeness (QED) is 0.654. The van der Waals surface area contributed by atoms with Gasteiger partial charge in [0.1, 0.15) is 11.3 Å².